The van der Waals surface area contributed by atoms with Crippen molar-refractivity contribution in [2.24, 2.45) is 0 Å². The van der Waals surface area contributed by atoms with Gasteiger partial charge in [0.2, 0.25) is 0 Å². The third-order valence-electron chi connectivity index (χ3n) is 2.63. The molecule has 0 aliphatic rings. The summed E-state index contributed by atoms with van der Waals surface area (Å²) in [6.07, 6.45) is 5.00. The average molecular weight is 280 g/mol. The van der Waals surface area contributed by atoms with Gasteiger partial charge in [0.15, 0.2) is 0 Å². The van der Waals surface area contributed by atoms with Crippen molar-refractivity contribution in [1.82, 2.24) is 15.3 Å². The molecule has 0 saturated heterocycles. The number of aryl methyl sites for hydroxylation is 1. The second-order valence-electron chi connectivity index (χ2n) is 4.06. The van der Waals surface area contributed by atoms with E-state index >= 15 is 0 Å². The fraction of sp³-hybridized carbons (Fsp3) is 0.231. The highest BCUT2D eigenvalue weighted by Crippen LogP contribution is 2.20. The largest absolute Gasteiger partial charge is 0.508 e. The summed E-state index contributed by atoms with van der Waals surface area (Å²) in [5.74, 6) is 0.620. The fourth-order valence-electron chi connectivity index (χ4n) is 1.67. The van der Waals surface area contributed by atoms with E-state index in [0.29, 0.717) is 11.6 Å². The van der Waals surface area contributed by atoms with Crippen molar-refractivity contribution in [1.29, 1.82) is 0 Å². The third kappa shape index (κ3) is 3.72. The molecule has 1 amide bonds. The molecule has 100 valence electrons. The number of phenols is 1. The zero-order chi connectivity index (χ0) is 13.7. The summed E-state index contributed by atoms with van der Waals surface area (Å²) in [7, 11) is 0. The molecule has 0 fully saturated rings. The van der Waals surface area contributed by atoms with Crippen LogP contribution >= 0.6 is 11.6 Å². The zero-order valence-corrected chi connectivity index (χ0v) is 10.9. The van der Waals surface area contributed by atoms with E-state index in [1.165, 1.54) is 18.2 Å². The SMILES string of the molecule is O=C(NCCCc1ncc[nH]1)c1cc(O)ccc1Cl. The molecule has 0 saturated carbocycles. The van der Waals surface area contributed by atoms with Crippen LogP contribution in [0, 0.1) is 0 Å². The minimum absolute atomic E-state index is 0.0186. The van der Waals surface area contributed by atoms with Crippen LogP contribution in [0.4, 0.5) is 0 Å². The third-order valence-corrected chi connectivity index (χ3v) is 2.95. The molecule has 1 aromatic carbocycles. The van der Waals surface area contributed by atoms with Crippen LogP contribution in [0.3, 0.4) is 0 Å². The van der Waals surface area contributed by atoms with Gasteiger partial charge < -0.3 is 15.4 Å². The van der Waals surface area contributed by atoms with Gasteiger partial charge in [0.25, 0.3) is 5.91 Å². The van der Waals surface area contributed by atoms with Gasteiger partial charge in [0.1, 0.15) is 11.6 Å². The Labute approximate surface area is 115 Å². The molecule has 1 heterocycles. The first-order valence-corrected chi connectivity index (χ1v) is 6.29. The predicted octanol–water partition coefficient (Wildman–Crippen LogP) is 2.13. The van der Waals surface area contributed by atoms with Crippen molar-refractivity contribution in [3.05, 3.63) is 47.0 Å². The molecule has 0 unspecified atom stereocenters. The number of H-pyrrole nitrogens is 1. The molecular weight excluding hydrogens is 266 g/mol. The normalized spacial score (nSPS) is 10.4. The first-order chi connectivity index (χ1) is 9.16. The lowest BCUT2D eigenvalue weighted by Crippen LogP contribution is -2.25. The molecule has 6 heteroatoms. The van der Waals surface area contributed by atoms with Gasteiger partial charge in [-0.25, -0.2) is 4.98 Å². The molecule has 0 atom stereocenters. The summed E-state index contributed by atoms with van der Waals surface area (Å²) in [4.78, 5) is 18.9. The van der Waals surface area contributed by atoms with Crippen molar-refractivity contribution in [3.63, 3.8) is 0 Å². The number of benzene rings is 1. The first-order valence-electron chi connectivity index (χ1n) is 5.92. The van der Waals surface area contributed by atoms with Crippen LogP contribution in [0.2, 0.25) is 5.02 Å². The molecular formula is C13H14ClN3O2. The van der Waals surface area contributed by atoms with Crippen molar-refractivity contribution in [3.8, 4) is 5.75 Å². The van der Waals surface area contributed by atoms with E-state index in [1.807, 2.05) is 0 Å². The smallest absolute Gasteiger partial charge is 0.252 e. The number of carbonyl (C=O) groups excluding carboxylic acids is 1. The lowest BCUT2D eigenvalue weighted by atomic mass is 10.2. The molecule has 5 nitrogen and oxygen atoms in total. The molecule has 2 rings (SSSR count). The molecule has 2 aromatic rings. The number of nitrogens with one attached hydrogen (secondary N) is 2. The number of aromatic amines is 1. The van der Waals surface area contributed by atoms with Crippen LogP contribution in [-0.4, -0.2) is 27.5 Å². The van der Waals surface area contributed by atoms with Gasteiger partial charge in [-0.05, 0) is 24.6 Å². The van der Waals surface area contributed by atoms with Gasteiger partial charge >= 0.3 is 0 Å². The number of imidazole rings is 1. The topological polar surface area (TPSA) is 78.0 Å². The quantitative estimate of drug-likeness (QED) is 0.734. The van der Waals surface area contributed by atoms with Crippen LogP contribution in [0.1, 0.15) is 22.6 Å². The number of rotatable bonds is 5. The highest BCUT2D eigenvalue weighted by Gasteiger charge is 2.10. The molecule has 1 aromatic heterocycles. The molecule has 3 N–H and O–H groups in total. The van der Waals surface area contributed by atoms with Crippen molar-refractivity contribution >= 4 is 17.5 Å². The first kappa shape index (κ1) is 13.4. The van der Waals surface area contributed by atoms with Crippen molar-refractivity contribution < 1.29 is 9.90 Å². The summed E-state index contributed by atoms with van der Waals surface area (Å²) >= 11 is 5.90. The number of hydrogen-bond donors (Lipinski definition) is 3. The van der Waals surface area contributed by atoms with Crippen LogP contribution in [0.25, 0.3) is 0 Å². The monoisotopic (exact) mass is 279 g/mol. The number of halogens is 1. The average Bonchev–Trinajstić information content (AvgIpc) is 2.90. The van der Waals surface area contributed by atoms with Gasteiger partial charge in [-0.3, -0.25) is 4.79 Å². The van der Waals surface area contributed by atoms with Crippen LogP contribution in [0.15, 0.2) is 30.6 Å². The van der Waals surface area contributed by atoms with Crippen LogP contribution in [-0.2, 0) is 6.42 Å². The van der Waals surface area contributed by atoms with E-state index in [-0.39, 0.29) is 17.2 Å². The number of aromatic nitrogens is 2. The number of phenolic OH excluding ortho intramolecular Hbond substituents is 1. The Bertz CT molecular complexity index is 555. The second-order valence-corrected chi connectivity index (χ2v) is 4.47. The summed E-state index contributed by atoms with van der Waals surface area (Å²) in [5.41, 5.74) is 0.277. The number of amides is 1. The Morgan fingerprint density at radius 2 is 2.32 bits per heavy atom. The molecule has 0 spiro atoms. The molecule has 0 aliphatic carbocycles. The molecule has 0 radical (unpaired) electrons. The summed E-state index contributed by atoms with van der Waals surface area (Å²) in [6.45, 7) is 0.519. The fourth-order valence-corrected chi connectivity index (χ4v) is 1.88. The lowest BCUT2D eigenvalue weighted by Gasteiger charge is -2.06. The van der Waals surface area contributed by atoms with E-state index in [9.17, 15) is 9.90 Å². The van der Waals surface area contributed by atoms with Crippen molar-refractivity contribution in [2.45, 2.75) is 12.8 Å². The van der Waals surface area contributed by atoms with E-state index in [4.69, 9.17) is 11.6 Å². The Balaban J connectivity index is 1.82. The Morgan fingerprint density at radius 3 is 3.05 bits per heavy atom. The van der Waals surface area contributed by atoms with Crippen LogP contribution in [0.5, 0.6) is 5.75 Å². The van der Waals surface area contributed by atoms with Gasteiger partial charge in [-0.15, -0.1) is 0 Å². The standard InChI is InChI=1S/C13H14ClN3O2/c14-11-4-3-9(18)8-10(11)13(19)17-5-1-2-12-15-6-7-16-12/h3-4,6-8,18H,1-2,5H2,(H,15,16)(H,17,19). The minimum atomic E-state index is -0.291. The van der Waals surface area contributed by atoms with E-state index in [2.05, 4.69) is 15.3 Å². The van der Waals surface area contributed by atoms with Crippen LogP contribution < -0.4 is 5.32 Å². The van der Waals surface area contributed by atoms with Gasteiger partial charge in [-0.2, -0.15) is 0 Å². The summed E-state index contributed by atoms with van der Waals surface area (Å²) in [5, 5.41) is 12.4. The maximum atomic E-state index is 11.8. The number of hydrogen-bond acceptors (Lipinski definition) is 3. The minimum Gasteiger partial charge on any atom is -0.508 e. The highest BCUT2D eigenvalue weighted by atomic mass is 35.5. The Kier molecular flexibility index (Phi) is 4.41. The highest BCUT2D eigenvalue weighted by molar-refractivity contribution is 6.33. The Hall–Kier alpha value is -2.01. The summed E-state index contributed by atoms with van der Waals surface area (Å²) < 4.78 is 0. The van der Waals surface area contributed by atoms with Crippen molar-refractivity contribution in [2.75, 3.05) is 6.54 Å². The van der Waals surface area contributed by atoms with Gasteiger partial charge in [0.05, 0.1) is 10.6 Å². The van der Waals surface area contributed by atoms with Gasteiger partial charge in [-0.1, -0.05) is 11.6 Å². The molecule has 0 bridgehead atoms. The summed E-state index contributed by atoms with van der Waals surface area (Å²) in [6, 6.07) is 4.29. The Morgan fingerprint density at radius 1 is 1.47 bits per heavy atom. The van der Waals surface area contributed by atoms with E-state index in [0.717, 1.165) is 18.7 Å². The number of carbonyl (C=O) groups is 1. The second kappa shape index (κ2) is 6.24. The lowest BCUT2D eigenvalue weighted by molar-refractivity contribution is 0.0953. The maximum Gasteiger partial charge on any atom is 0.252 e. The maximum absolute atomic E-state index is 11.8. The van der Waals surface area contributed by atoms with E-state index < -0.39 is 0 Å². The van der Waals surface area contributed by atoms with Gasteiger partial charge in [0, 0.05) is 25.4 Å². The number of nitrogens with zero attached hydrogens (tertiary/aromatic N) is 1. The number of aromatic hydroxyl groups is 1. The molecule has 0 aliphatic heterocycles. The van der Waals surface area contributed by atoms with E-state index in [1.54, 1.807) is 12.4 Å². The molecule has 19 heavy (non-hydrogen) atoms. The zero-order valence-electron chi connectivity index (χ0n) is 10.2. The predicted molar refractivity (Wildman–Crippen MR) is 72.4 cm³/mol.